The highest BCUT2D eigenvalue weighted by atomic mass is 15.1. The minimum atomic E-state index is -0.199. The molecule has 10 rings (SSSR count). The van der Waals surface area contributed by atoms with Crippen LogP contribution in [0.1, 0.15) is 25.0 Å². The molecule has 1 aliphatic rings. The van der Waals surface area contributed by atoms with Crippen LogP contribution in [0.2, 0.25) is 0 Å². The summed E-state index contributed by atoms with van der Waals surface area (Å²) in [4.78, 5) is 2.46. The van der Waals surface area contributed by atoms with Gasteiger partial charge in [0.1, 0.15) is 0 Å². The predicted octanol–water partition coefficient (Wildman–Crippen LogP) is 15.3. The summed E-state index contributed by atoms with van der Waals surface area (Å²) in [5.74, 6) is 0. The second kappa shape index (κ2) is 13.7. The molecule has 0 aromatic heterocycles. The van der Waals surface area contributed by atoms with Gasteiger partial charge >= 0.3 is 0 Å². The zero-order valence-corrected chi connectivity index (χ0v) is 31.7. The first-order valence-electron chi connectivity index (χ1n) is 19.5. The van der Waals surface area contributed by atoms with Crippen molar-refractivity contribution in [1.82, 2.24) is 0 Å². The van der Waals surface area contributed by atoms with Crippen molar-refractivity contribution in [2.75, 3.05) is 4.90 Å². The van der Waals surface area contributed by atoms with Gasteiger partial charge in [0, 0.05) is 22.4 Å². The van der Waals surface area contributed by atoms with Gasteiger partial charge in [-0.05, 0) is 102 Å². The molecule has 0 N–H and O–H groups in total. The van der Waals surface area contributed by atoms with Crippen molar-refractivity contribution in [2.24, 2.45) is 0 Å². The zero-order chi connectivity index (χ0) is 37.6. The summed E-state index contributed by atoms with van der Waals surface area (Å²) in [5, 5.41) is 2.46. The maximum Gasteiger partial charge on any atom is 0.0546 e. The highest BCUT2D eigenvalue weighted by molar-refractivity contribution is 6.05. The zero-order valence-electron chi connectivity index (χ0n) is 31.7. The van der Waals surface area contributed by atoms with Crippen LogP contribution in [0.25, 0.3) is 66.4 Å². The standard InChI is InChI=1S/C55H41N/c1-55(2)50-24-14-23-48(43-27-25-40(26-28-43)38-15-6-3-7-16-38)54(50)49-35-34-46(37-51(49)55)56(45-32-29-41(30-33-45)39-17-8-4-9-18-39)52-36-31-42-19-12-13-22-47(42)53(52)44-20-10-5-11-21-44/h3-37H,1-2H3. The van der Waals surface area contributed by atoms with Gasteiger partial charge in [-0.1, -0.05) is 196 Å². The van der Waals surface area contributed by atoms with Gasteiger partial charge in [0.15, 0.2) is 0 Å². The molecule has 0 amide bonds. The van der Waals surface area contributed by atoms with Crippen molar-refractivity contribution in [3.63, 3.8) is 0 Å². The van der Waals surface area contributed by atoms with E-state index in [0.29, 0.717) is 0 Å². The summed E-state index contributed by atoms with van der Waals surface area (Å²) < 4.78 is 0. The van der Waals surface area contributed by atoms with Crippen LogP contribution in [0.3, 0.4) is 0 Å². The molecule has 0 heterocycles. The van der Waals surface area contributed by atoms with Crippen LogP contribution < -0.4 is 4.90 Å². The number of anilines is 3. The van der Waals surface area contributed by atoms with Crippen molar-refractivity contribution in [3.8, 4) is 55.6 Å². The molecule has 0 fully saturated rings. The Bertz CT molecular complexity index is 2840. The molecule has 0 aliphatic heterocycles. The Morgan fingerprint density at radius 1 is 0.339 bits per heavy atom. The van der Waals surface area contributed by atoms with Gasteiger partial charge in [-0.25, -0.2) is 0 Å². The summed E-state index contributed by atoms with van der Waals surface area (Å²) in [7, 11) is 0. The van der Waals surface area contributed by atoms with Crippen LogP contribution in [0, 0.1) is 0 Å². The van der Waals surface area contributed by atoms with E-state index in [4.69, 9.17) is 0 Å². The molecule has 1 nitrogen and oxygen atoms in total. The highest BCUT2D eigenvalue weighted by Crippen LogP contribution is 2.54. The Morgan fingerprint density at radius 2 is 0.875 bits per heavy atom. The molecule has 0 spiro atoms. The number of benzene rings is 9. The first kappa shape index (κ1) is 33.6. The van der Waals surface area contributed by atoms with Crippen molar-refractivity contribution < 1.29 is 0 Å². The number of hydrogen-bond donors (Lipinski definition) is 0. The summed E-state index contributed by atoms with van der Waals surface area (Å²) in [5.41, 5.74) is 18.3. The molecule has 9 aromatic rings. The van der Waals surface area contributed by atoms with Crippen molar-refractivity contribution in [1.29, 1.82) is 0 Å². The normalized spacial score (nSPS) is 12.6. The van der Waals surface area contributed by atoms with Crippen LogP contribution in [-0.4, -0.2) is 0 Å². The molecule has 0 atom stereocenters. The molecular weight excluding hydrogens is 675 g/mol. The van der Waals surface area contributed by atoms with Gasteiger partial charge in [-0.15, -0.1) is 0 Å². The lowest BCUT2D eigenvalue weighted by molar-refractivity contribution is 0.660. The average molecular weight is 716 g/mol. The Balaban J connectivity index is 1.15. The molecule has 0 saturated carbocycles. The molecule has 56 heavy (non-hydrogen) atoms. The minimum absolute atomic E-state index is 0.199. The second-order valence-electron chi connectivity index (χ2n) is 15.3. The monoisotopic (exact) mass is 715 g/mol. The van der Waals surface area contributed by atoms with E-state index in [1.165, 1.54) is 77.5 Å². The summed E-state index contributed by atoms with van der Waals surface area (Å²) in [6, 6.07) is 77.5. The maximum atomic E-state index is 2.46. The van der Waals surface area contributed by atoms with E-state index < -0.39 is 0 Å². The Hall–Kier alpha value is -6.96. The number of nitrogens with zero attached hydrogens (tertiary/aromatic N) is 1. The van der Waals surface area contributed by atoms with Gasteiger partial charge in [-0.2, -0.15) is 0 Å². The highest BCUT2D eigenvalue weighted by Gasteiger charge is 2.37. The van der Waals surface area contributed by atoms with Gasteiger partial charge in [0.2, 0.25) is 0 Å². The van der Waals surface area contributed by atoms with Crippen molar-refractivity contribution >= 4 is 27.8 Å². The lowest BCUT2D eigenvalue weighted by atomic mass is 9.81. The van der Waals surface area contributed by atoms with E-state index in [2.05, 4.69) is 231 Å². The SMILES string of the molecule is CC1(C)c2cc(N(c3ccc(-c4ccccc4)cc3)c3ccc4ccccc4c3-c3ccccc3)ccc2-c2c(-c3ccc(-c4ccccc4)cc3)cccc21. The lowest BCUT2D eigenvalue weighted by Gasteiger charge is -2.30. The van der Waals surface area contributed by atoms with E-state index in [-0.39, 0.29) is 5.41 Å². The maximum absolute atomic E-state index is 2.46. The molecule has 266 valence electrons. The molecule has 0 unspecified atom stereocenters. The molecular formula is C55H41N. The number of fused-ring (bicyclic) bond motifs is 4. The van der Waals surface area contributed by atoms with Gasteiger partial charge in [0.05, 0.1) is 5.69 Å². The van der Waals surface area contributed by atoms with Crippen LogP contribution in [0.15, 0.2) is 212 Å². The first-order valence-corrected chi connectivity index (χ1v) is 19.5. The molecule has 0 bridgehead atoms. The third kappa shape index (κ3) is 5.72. The quantitative estimate of drug-likeness (QED) is 0.159. The van der Waals surface area contributed by atoms with Crippen LogP contribution in [-0.2, 0) is 5.41 Å². The Labute approximate surface area is 329 Å². The number of hydrogen-bond acceptors (Lipinski definition) is 1. The van der Waals surface area contributed by atoms with Crippen LogP contribution in [0.5, 0.6) is 0 Å². The summed E-state index contributed by atoms with van der Waals surface area (Å²) >= 11 is 0. The molecule has 0 saturated heterocycles. The van der Waals surface area contributed by atoms with Gasteiger partial charge < -0.3 is 4.90 Å². The third-order valence-corrected chi connectivity index (χ3v) is 11.7. The van der Waals surface area contributed by atoms with E-state index in [1.54, 1.807) is 0 Å². The largest absolute Gasteiger partial charge is 0.310 e. The second-order valence-corrected chi connectivity index (χ2v) is 15.3. The fourth-order valence-corrected chi connectivity index (χ4v) is 8.84. The summed E-state index contributed by atoms with van der Waals surface area (Å²) in [6.45, 7) is 4.77. The van der Waals surface area contributed by atoms with E-state index in [0.717, 1.165) is 17.1 Å². The van der Waals surface area contributed by atoms with E-state index in [1.807, 2.05) is 0 Å². The average Bonchev–Trinajstić information content (AvgIpc) is 3.50. The molecule has 1 heteroatoms. The fourth-order valence-electron chi connectivity index (χ4n) is 8.84. The lowest BCUT2D eigenvalue weighted by Crippen LogP contribution is -2.17. The van der Waals surface area contributed by atoms with Gasteiger partial charge in [-0.3, -0.25) is 0 Å². The van der Waals surface area contributed by atoms with Crippen LogP contribution in [0.4, 0.5) is 17.1 Å². The van der Waals surface area contributed by atoms with Crippen LogP contribution >= 0.6 is 0 Å². The summed E-state index contributed by atoms with van der Waals surface area (Å²) in [6.07, 6.45) is 0. The topological polar surface area (TPSA) is 3.24 Å². The minimum Gasteiger partial charge on any atom is -0.310 e. The van der Waals surface area contributed by atoms with Gasteiger partial charge in [0.25, 0.3) is 0 Å². The predicted molar refractivity (Wildman–Crippen MR) is 238 cm³/mol. The van der Waals surface area contributed by atoms with E-state index >= 15 is 0 Å². The third-order valence-electron chi connectivity index (χ3n) is 11.7. The fraction of sp³-hybridized carbons (Fsp3) is 0.0545. The van der Waals surface area contributed by atoms with E-state index in [9.17, 15) is 0 Å². The van der Waals surface area contributed by atoms with Crippen molar-refractivity contribution in [3.05, 3.63) is 223 Å². The Kier molecular flexibility index (Phi) is 8.23. The molecule has 9 aromatic carbocycles. The Morgan fingerprint density at radius 3 is 1.54 bits per heavy atom. The molecule has 1 aliphatic carbocycles. The van der Waals surface area contributed by atoms with Crippen molar-refractivity contribution in [2.45, 2.75) is 19.3 Å². The molecule has 0 radical (unpaired) electrons. The first-order chi connectivity index (χ1) is 27.5. The number of rotatable bonds is 7. The smallest absolute Gasteiger partial charge is 0.0546 e.